The van der Waals surface area contributed by atoms with Gasteiger partial charge in [0, 0.05) is 25.6 Å². The van der Waals surface area contributed by atoms with Crippen LogP contribution in [0.25, 0.3) is 0 Å². The van der Waals surface area contributed by atoms with E-state index in [0.717, 1.165) is 19.1 Å². The molecule has 21 heavy (non-hydrogen) atoms. The average Bonchev–Trinajstić information content (AvgIpc) is 3.17. The molecular formula is C14H21NO4S2. The van der Waals surface area contributed by atoms with Crippen LogP contribution in [-0.4, -0.2) is 42.4 Å². The Balaban J connectivity index is 2.54. The summed E-state index contributed by atoms with van der Waals surface area (Å²) in [4.78, 5) is 2.14. The van der Waals surface area contributed by atoms with E-state index in [2.05, 4.69) is 0 Å². The summed E-state index contributed by atoms with van der Waals surface area (Å²) in [5.41, 5.74) is 0.597. The number of rotatable bonds is 6. The summed E-state index contributed by atoms with van der Waals surface area (Å²) in [5, 5.41) is 0. The summed E-state index contributed by atoms with van der Waals surface area (Å²) < 4.78 is 47.4. The van der Waals surface area contributed by atoms with Crippen molar-refractivity contribution in [3.05, 3.63) is 18.2 Å². The van der Waals surface area contributed by atoms with Crippen molar-refractivity contribution in [2.75, 3.05) is 30.5 Å². The fourth-order valence-electron chi connectivity index (χ4n) is 2.29. The lowest BCUT2D eigenvalue weighted by atomic mass is 10.2. The van der Waals surface area contributed by atoms with Crippen LogP contribution in [0.4, 0.5) is 5.69 Å². The summed E-state index contributed by atoms with van der Waals surface area (Å²) in [5.74, 6) is 0.618. The lowest BCUT2D eigenvalue weighted by Gasteiger charge is -2.25. The van der Waals surface area contributed by atoms with Gasteiger partial charge in [0.1, 0.15) is 0 Å². The largest absolute Gasteiger partial charge is 0.370 e. The number of hydrogen-bond acceptors (Lipinski definition) is 5. The molecule has 5 nitrogen and oxygen atoms in total. The second-order valence-electron chi connectivity index (χ2n) is 5.66. The van der Waals surface area contributed by atoms with Gasteiger partial charge in [0.2, 0.25) is 0 Å². The zero-order valence-electron chi connectivity index (χ0n) is 12.5. The number of nitrogens with zero attached hydrogens (tertiary/aromatic N) is 1. The summed E-state index contributed by atoms with van der Waals surface area (Å²) in [6.45, 7) is 3.48. The molecule has 1 saturated carbocycles. The molecule has 0 heterocycles. The molecule has 1 aromatic carbocycles. The standard InChI is InChI=1S/C14H21NO4S2/c1-4-15(10-11-5-6-11)13-8-7-12(20(2,16)17)9-14(13)21(3,18)19/h7-9,11H,4-6,10H2,1-3H3. The van der Waals surface area contributed by atoms with Crippen molar-refractivity contribution >= 4 is 25.4 Å². The fraction of sp³-hybridized carbons (Fsp3) is 0.571. The van der Waals surface area contributed by atoms with Crippen molar-refractivity contribution < 1.29 is 16.8 Å². The second kappa shape index (κ2) is 5.61. The van der Waals surface area contributed by atoms with Crippen molar-refractivity contribution in [3.63, 3.8) is 0 Å². The Bertz CT molecular complexity index is 734. The van der Waals surface area contributed by atoms with Gasteiger partial charge in [0.15, 0.2) is 19.7 Å². The van der Waals surface area contributed by atoms with Gasteiger partial charge < -0.3 is 4.90 Å². The van der Waals surface area contributed by atoms with Crippen molar-refractivity contribution in [2.45, 2.75) is 29.6 Å². The zero-order chi connectivity index (χ0) is 15.8. The minimum atomic E-state index is -3.49. The van der Waals surface area contributed by atoms with E-state index in [-0.39, 0.29) is 9.79 Å². The molecule has 0 N–H and O–H groups in total. The Hall–Kier alpha value is -1.08. The van der Waals surface area contributed by atoms with Gasteiger partial charge in [-0.05, 0) is 43.9 Å². The fourth-order valence-corrected chi connectivity index (χ4v) is 3.93. The number of hydrogen-bond donors (Lipinski definition) is 0. The molecule has 1 aromatic rings. The minimum absolute atomic E-state index is 0.0363. The normalized spacial score (nSPS) is 16.0. The first-order chi connectivity index (χ1) is 9.63. The third-order valence-electron chi connectivity index (χ3n) is 3.66. The van der Waals surface area contributed by atoms with Crippen molar-refractivity contribution in [2.24, 2.45) is 5.92 Å². The van der Waals surface area contributed by atoms with E-state index in [0.29, 0.717) is 18.2 Å². The van der Waals surface area contributed by atoms with Crippen LogP contribution in [0.3, 0.4) is 0 Å². The quantitative estimate of drug-likeness (QED) is 0.794. The van der Waals surface area contributed by atoms with E-state index >= 15 is 0 Å². The molecular weight excluding hydrogens is 310 g/mol. The Labute approximate surface area is 126 Å². The highest BCUT2D eigenvalue weighted by molar-refractivity contribution is 7.91. The van der Waals surface area contributed by atoms with Gasteiger partial charge in [-0.1, -0.05) is 0 Å². The first kappa shape index (κ1) is 16.3. The van der Waals surface area contributed by atoms with Gasteiger partial charge in [0.25, 0.3) is 0 Å². The molecule has 0 atom stereocenters. The van der Waals surface area contributed by atoms with Crippen LogP contribution in [0, 0.1) is 5.92 Å². The molecule has 1 aliphatic rings. The zero-order valence-corrected chi connectivity index (χ0v) is 14.2. The Kier molecular flexibility index (Phi) is 4.35. The molecule has 0 saturated heterocycles. The highest BCUT2D eigenvalue weighted by Gasteiger charge is 2.27. The number of anilines is 1. The highest BCUT2D eigenvalue weighted by Crippen LogP contribution is 2.34. The second-order valence-corrected chi connectivity index (χ2v) is 9.66. The van der Waals surface area contributed by atoms with Gasteiger partial charge in [-0.25, -0.2) is 16.8 Å². The molecule has 0 unspecified atom stereocenters. The van der Waals surface area contributed by atoms with E-state index in [1.54, 1.807) is 6.07 Å². The van der Waals surface area contributed by atoms with Crippen LogP contribution in [0.5, 0.6) is 0 Å². The third-order valence-corrected chi connectivity index (χ3v) is 5.89. The first-order valence-corrected chi connectivity index (χ1v) is 10.7. The third kappa shape index (κ3) is 3.97. The molecule has 118 valence electrons. The first-order valence-electron chi connectivity index (χ1n) is 6.92. The molecule has 2 rings (SSSR count). The predicted molar refractivity (Wildman–Crippen MR) is 83.3 cm³/mol. The Morgan fingerprint density at radius 3 is 2.14 bits per heavy atom. The van der Waals surface area contributed by atoms with Gasteiger partial charge in [-0.2, -0.15) is 0 Å². The Morgan fingerprint density at radius 2 is 1.71 bits per heavy atom. The molecule has 1 aliphatic carbocycles. The lowest BCUT2D eigenvalue weighted by Crippen LogP contribution is -2.27. The molecule has 0 bridgehead atoms. The highest BCUT2D eigenvalue weighted by atomic mass is 32.2. The van der Waals surface area contributed by atoms with E-state index in [1.165, 1.54) is 25.0 Å². The molecule has 1 fully saturated rings. The topological polar surface area (TPSA) is 71.5 Å². The molecule has 0 amide bonds. The van der Waals surface area contributed by atoms with Gasteiger partial charge in [-0.3, -0.25) is 0 Å². The summed E-state index contributed by atoms with van der Waals surface area (Å²) in [7, 11) is -6.92. The van der Waals surface area contributed by atoms with E-state index in [4.69, 9.17) is 0 Å². The molecule has 0 spiro atoms. The van der Waals surface area contributed by atoms with Crippen LogP contribution < -0.4 is 4.90 Å². The molecule has 7 heteroatoms. The van der Waals surface area contributed by atoms with Crippen LogP contribution >= 0.6 is 0 Å². The minimum Gasteiger partial charge on any atom is -0.370 e. The van der Waals surface area contributed by atoms with Gasteiger partial charge in [0.05, 0.1) is 15.5 Å². The summed E-state index contributed by atoms with van der Waals surface area (Å²) in [6.07, 6.45) is 4.54. The maximum Gasteiger partial charge on any atom is 0.177 e. The molecule has 0 aliphatic heterocycles. The van der Waals surface area contributed by atoms with Crippen molar-refractivity contribution in [1.29, 1.82) is 0 Å². The molecule has 0 radical (unpaired) electrons. The van der Waals surface area contributed by atoms with Crippen LogP contribution in [-0.2, 0) is 19.7 Å². The van der Waals surface area contributed by atoms with Crippen LogP contribution in [0.1, 0.15) is 19.8 Å². The van der Waals surface area contributed by atoms with Gasteiger partial charge >= 0.3 is 0 Å². The van der Waals surface area contributed by atoms with E-state index in [9.17, 15) is 16.8 Å². The lowest BCUT2D eigenvalue weighted by molar-refractivity contribution is 0.599. The predicted octanol–water partition coefficient (Wildman–Crippen LogP) is 1.73. The monoisotopic (exact) mass is 331 g/mol. The SMILES string of the molecule is CCN(CC1CC1)c1ccc(S(C)(=O)=O)cc1S(C)(=O)=O. The van der Waals surface area contributed by atoms with E-state index < -0.39 is 19.7 Å². The number of sulfone groups is 2. The van der Waals surface area contributed by atoms with Crippen molar-refractivity contribution in [1.82, 2.24) is 0 Å². The van der Waals surface area contributed by atoms with Crippen LogP contribution in [0.15, 0.2) is 28.0 Å². The maximum atomic E-state index is 12.0. The van der Waals surface area contributed by atoms with Crippen molar-refractivity contribution in [3.8, 4) is 0 Å². The number of benzene rings is 1. The maximum absolute atomic E-state index is 12.0. The molecule has 0 aromatic heterocycles. The summed E-state index contributed by atoms with van der Waals surface area (Å²) in [6, 6.07) is 4.36. The van der Waals surface area contributed by atoms with E-state index in [1.807, 2.05) is 11.8 Å². The average molecular weight is 331 g/mol. The van der Waals surface area contributed by atoms with Crippen LogP contribution in [0.2, 0.25) is 0 Å². The Morgan fingerprint density at radius 1 is 1.10 bits per heavy atom. The van der Waals surface area contributed by atoms with Gasteiger partial charge in [-0.15, -0.1) is 0 Å². The summed E-state index contributed by atoms with van der Waals surface area (Å²) >= 11 is 0. The smallest absolute Gasteiger partial charge is 0.177 e.